The molecular formula is C12H9FN2O3. The highest BCUT2D eigenvalue weighted by Gasteiger charge is 2.13. The van der Waals surface area contributed by atoms with E-state index in [2.05, 4.69) is 4.98 Å². The largest absolute Gasteiger partial charge is 0.478 e. The fourth-order valence-corrected chi connectivity index (χ4v) is 1.34. The first-order valence-corrected chi connectivity index (χ1v) is 4.98. The maximum atomic E-state index is 12.7. The molecule has 0 saturated carbocycles. The van der Waals surface area contributed by atoms with Crippen molar-refractivity contribution < 1.29 is 19.0 Å². The number of hydrogen-bond donors (Lipinski definition) is 2. The van der Waals surface area contributed by atoms with Crippen LogP contribution in [0.2, 0.25) is 0 Å². The third-order valence-corrected chi connectivity index (χ3v) is 2.16. The van der Waals surface area contributed by atoms with E-state index in [0.717, 1.165) is 0 Å². The molecule has 6 heteroatoms. The van der Waals surface area contributed by atoms with E-state index in [-0.39, 0.29) is 17.1 Å². The van der Waals surface area contributed by atoms with E-state index >= 15 is 0 Å². The van der Waals surface area contributed by atoms with Crippen molar-refractivity contribution in [2.45, 2.75) is 0 Å². The number of pyridine rings is 1. The lowest BCUT2D eigenvalue weighted by Crippen LogP contribution is -2.03. The summed E-state index contributed by atoms with van der Waals surface area (Å²) in [6.07, 6.45) is 1.21. The van der Waals surface area contributed by atoms with Gasteiger partial charge in [0.15, 0.2) is 5.75 Å². The zero-order valence-corrected chi connectivity index (χ0v) is 9.13. The molecule has 1 heterocycles. The van der Waals surface area contributed by atoms with Gasteiger partial charge in [-0.25, -0.2) is 14.2 Å². The van der Waals surface area contributed by atoms with Gasteiger partial charge in [0.1, 0.15) is 22.9 Å². The van der Waals surface area contributed by atoms with Crippen LogP contribution in [-0.2, 0) is 0 Å². The first-order chi connectivity index (χ1) is 8.56. The van der Waals surface area contributed by atoms with Crippen LogP contribution in [0.5, 0.6) is 11.5 Å². The number of ether oxygens (including phenoxy) is 1. The van der Waals surface area contributed by atoms with E-state index in [1.807, 2.05) is 0 Å². The Labute approximate surface area is 102 Å². The molecule has 0 spiro atoms. The van der Waals surface area contributed by atoms with Gasteiger partial charge in [0.25, 0.3) is 0 Å². The number of nitrogens with zero attached hydrogens (tertiary/aromatic N) is 1. The number of benzene rings is 1. The fourth-order valence-electron chi connectivity index (χ4n) is 1.34. The molecule has 1 aromatic carbocycles. The molecule has 0 aliphatic rings. The third kappa shape index (κ3) is 2.54. The van der Waals surface area contributed by atoms with Crippen LogP contribution in [0.25, 0.3) is 0 Å². The summed E-state index contributed by atoms with van der Waals surface area (Å²) in [7, 11) is 0. The maximum absolute atomic E-state index is 12.7. The van der Waals surface area contributed by atoms with Crippen molar-refractivity contribution >= 4 is 11.8 Å². The number of halogens is 1. The molecule has 92 valence electrons. The van der Waals surface area contributed by atoms with Crippen molar-refractivity contribution in [1.82, 2.24) is 4.98 Å². The second-order valence-electron chi connectivity index (χ2n) is 3.47. The number of carboxylic acid groups (broad SMARTS) is 1. The van der Waals surface area contributed by atoms with Gasteiger partial charge in [-0.15, -0.1) is 0 Å². The van der Waals surface area contributed by atoms with Crippen LogP contribution in [0, 0.1) is 5.82 Å². The van der Waals surface area contributed by atoms with E-state index in [1.165, 1.54) is 36.5 Å². The van der Waals surface area contributed by atoms with Crippen LogP contribution >= 0.6 is 0 Å². The number of nitrogens with two attached hydrogens (primary N) is 1. The average molecular weight is 248 g/mol. The van der Waals surface area contributed by atoms with Crippen molar-refractivity contribution in [3.05, 3.63) is 47.9 Å². The van der Waals surface area contributed by atoms with Crippen LogP contribution in [0.3, 0.4) is 0 Å². The lowest BCUT2D eigenvalue weighted by atomic mass is 10.2. The molecule has 0 aliphatic carbocycles. The molecule has 0 unspecified atom stereocenters. The summed E-state index contributed by atoms with van der Waals surface area (Å²) in [5.74, 6) is -1.15. The van der Waals surface area contributed by atoms with Gasteiger partial charge in [-0.05, 0) is 30.3 Å². The van der Waals surface area contributed by atoms with E-state index in [0.29, 0.717) is 5.75 Å². The Morgan fingerprint density at radius 3 is 2.61 bits per heavy atom. The Hall–Kier alpha value is -2.63. The molecule has 0 bridgehead atoms. The predicted molar refractivity (Wildman–Crippen MR) is 62.1 cm³/mol. The highest BCUT2D eigenvalue weighted by atomic mass is 19.1. The first-order valence-electron chi connectivity index (χ1n) is 4.98. The quantitative estimate of drug-likeness (QED) is 0.870. The summed E-state index contributed by atoms with van der Waals surface area (Å²) < 4.78 is 18.0. The summed E-state index contributed by atoms with van der Waals surface area (Å²) in [4.78, 5) is 14.7. The average Bonchev–Trinajstić information content (AvgIpc) is 2.34. The smallest absolute Gasteiger partial charge is 0.339 e. The van der Waals surface area contributed by atoms with Gasteiger partial charge >= 0.3 is 5.97 Å². The molecule has 0 aliphatic heterocycles. The molecule has 1 aromatic heterocycles. The van der Waals surface area contributed by atoms with Gasteiger partial charge in [0.2, 0.25) is 0 Å². The van der Waals surface area contributed by atoms with E-state index in [9.17, 15) is 9.18 Å². The van der Waals surface area contributed by atoms with Crippen LogP contribution in [-0.4, -0.2) is 16.1 Å². The summed E-state index contributed by atoms with van der Waals surface area (Å²) >= 11 is 0. The van der Waals surface area contributed by atoms with E-state index in [4.69, 9.17) is 15.6 Å². The minimum atomic E-state index is -1.18. The van der Waals surface area contributed by atoms with Crippen LogP contribution in [0.4, 0.5) is 10.2 Å². The molecule has 0 saturated heterocycles. The molecule has 3 N–H and O–H groups in total. The first kappa shape index (κ1) is 11.8. The second kappa shape index (κ2) is 4.70. The number of aromatic nitrogens is 1. The Bertz CT molecular complexity index is 584. The lowest BCUT2D eigenvalue weighted by Gasteiger charge is -2.08. The van der Waals surface area contributed by atoms with E-state index < -0.39 is 11.8 Å². The molecular weight excluding hydrogens is 239 g/mol. The van der Waals surface area contributed by atoms with Crippen molar-refractivity contribution in [2.24, 2.45) is 0 Å². The lowest BCUT2D eigenvalue weighted by molar-refractivity contribution is 0.0694. The normalized spacial score (nSPS) is 10.1. The predicted octanol–water partition coefficient (Wildman–Crippen LogP) is 2.29. The summed E-state index contributed by atoms with van der Waals surface area (Å²) in [6, 6.07) is 6.39. The van der Waals surface area contributed by atoms with Gasteiger partial charge in [-0.3, -0.25) is 0 Å². The highest BCUT2D eigenvalue weighted by molar-refractivity contribution is 5.91. The van der Waals surface area contributed by atoms with Gasteiger partial charge in [-0.2, -0.15) is 0 Å². The van der Waals surface area contributed by atoms with Gasteiger partial charge in [0.05, 0.1) is 6.20 Å². The van der Waals surface area contributed by atoms with Crippen LogP contribution < -0.4 is 10.5 Å². The van der Waals surface area contributed by atoms with Gasteiger partial charge in [0, 0.05) is 0 Å². The zero-order valence-electron chi connectivity index (χ0n) is 9.13. The summed E-state index contributed by atoms with van der Waals surface area (Å²) in [5, 5.41) is 8.99. The van der Waals surface area contributed by atoms with Crippen molar-refractivity contribution in [3.63, 3.8) is 0 Å². The summed E-state index contributed by atoms with van der Waals surface area (Å²) in [5.41, 5.74) is 5.29. The maximum Gasteiger partial charge on any atom is 0.339 e. The number of nitrogen functional groups attached to an aromatic ring is 1. The Kier molecular flexibility index (Phi) is 3.09. The van der Waals surface area contributed by atoms with Crippen molar-refractivity contribution in [2.75, 3.05) is 5.73 Å². The molecule has 2 rings (SSSR count). The molecule has 5 nitrogen and oxygen atoms in total. The SMILES string of the molecule is Nc1cc(C(=O)O)c(Oc2ccc(F)cc2)cn1. The minimum Gasteiger partial charge on any atom is -0.478 e. The van der Waals surface area contributed by atoms with Crippen LogP contribution in [0.1, 0.15) is 10.4 Å². The molecule has 0 atom stereocenters. The zero-order chi connectivity index (χ0) is 13.1. The van der Waals surface area contributed by atoms with E-state index in [1.54, 1.807) is 0 Å². The standard InChI is InChI=1S/C12H9FN2O3/c13-7-1-3-8(4-2-7)18-10-6-15-11(14)5-9(10)12(16)17/h1-6H,(H2,14,15)(H,16,17). The highest BCUT2D eigenvalue weighted by Crippen LogP contribution is 2.25. The van der Waals surface area contributed by atoms with Gasteiger partial charge in [-0.1, -0.05) is 0 Å². The topological polar surface area (TPSA) is 85.4 Å². The van der Waals surface area contributed by atoms with Crippen molar-refractivity contribution in [1.29, 1.82) is 0 Å². The number of carboxylic acids is 1. The third-order valence-electron chi connectivity index (χ3n) is 2.16. The minimum absolute atomic E-state index is 0.0447. The number of aromatic carboxylic acids is 1. The number of carbonyl (C=O) groups is 1. The Morgan fingerprint density at radius 1 is 1.33 bits per heavy atom. The van der Waals surface area contributed by atoms with Gasteiger partial charge < -0.3 is 15.6 Å². The molecule has 0 amide bonds. The molecule has 0 fully saturated rings. The van der Waals surface area contributed by atoms with Crippen molar-refractivity contribution in [3.8, 4) is 11.5 Å². The second-order valence-corrected chi connectivity index (χ2v) is 3.47. The molecule has 2 aromatic rings. The number of rotatable bonds is 3. The summed E-state index contributed by atoms with van der Waals surface area (Å²) in [6.45, 7) is 0. The Morgan fingerprint density at radius 2 is 2.00 bits per heavy atom. The number of hydrogen-bond acceptors (Lipinski definition) is 4. The molecule has 18 heavy (non-hydrogen) atoms. The number of anilines is 1. The Balaban J connectivity index is 2.34. The van der Waals surface area contributed by atoms with Crippen LogP contribution in [0.15, 0.2) is 36.5 Å². The fraction of sp³-hybridized carbons (Fsp3) is 0. The molecule has 0 radical (unpaired) electrons. The monoisotopic (exact) mass is 248 g/mol.